The summed E-state index contributed by atoms with van der Waals surface area (Å²) in [6.45, 7) is 2.98. The van der Waals surface area contributed by atoms with Crippen LogP contribution in [0.2, 0.25) is 0 Å². The normalized spacial score (nSPS) is 20.7. The number of aromatic nitrogens is 2. The van der Waals surface area contributed by atoms with Crippen molar-refractivity contribution in [2.45, 2.75) is 32.1 Å². The van der Waals surface area contributed by atoms with E-state index in [0.29, 0.717) is 24.9 Å². The van der Waals surface area contributed by atoms with E-state index in [1.54, 1.807) is 17.1 Å². The van der Waals surface area contributed by atoms with Crippen molar-refractivity contribution in [3.8, 4) is 0 Å². The van der Waals surface area contributed by atoms with Gasteiger partial charge in [-0.05, 0) is 31.1 Å². The number of piperidine rings is 2. The van der Waals surface area contributed by atoms with Gasteiger partial charge in [-0.3, -0.25) is 14.3 Å². The quantitative estimate of drug-likeness (QED) is 0.877. The van der Waals surface area contributed by atoms with Crippen LogP contribution in [-0.4, -0.2) is 69.3 Å². The zero-order valence-electron chi connectivity index (χ0n) is 14.3. The number of carbonyl (C=O) groups is 2. The Bertz CT molecular complexity index is 605. The van der Waals surface area contributed by atoms with Gasteiger partial charge >= 0.3 is 0 Å². The molecule has 0 atom stereocenters. The molecule has 1 spiro atoms. The topological polar surface area (TPSA) is 78.7 Å². The number of aliphatic hydroxyl groups is 1. The molecule has 3 rings (SSSR count). The maximum absolute atomic E-state index is 12.5. The van der Waals surface area contributed by atoms with Crippen LogP contribution < -0.4 is 0 Å². The molecule has 1 aromatic rings. The van der Waals surface area contributed by atoms with Gasteiger partial charge in [0.15, 0.2) is 0 Å². The van der Waals surface area contributed by atoms with Gasteiger partial charge in [0.25, 0.3) is 5.91 Å². The van der Waals surface area contributed by atoms with Crippen molar-refractivity contribution in [2.24, 2.45) is 12.5 Å². The van der Waals surface area contributed by atoms with Gasteiger partial charge < -0.3 is 14.9 Å². The fourth-order valence-electron chi connectivity index (χ4n) is 3.87. The lowest BCUT2D eigenvalue weighted by Crippen LogP contribution is -2.52. The van der Waals surface area contributed by atoms with E-state index in [0.717, 1.165) is 38.9 Å². The molecule has 7 nitrogen and oxygen atoms in total. The van der Waals surface area contributed by atoms with Crippen molar-refractivity contribution in [3.63, 3.8) is 0 Å². The van der Waals surface area contributed by atoms with Crippen LogP contribution in [0.4, 0.5) is 0 Å². The first-order valence-electron chi connectivity index (χ1n) is 8.70. The first kappa shape index (κ1) is 17.0. The van der Waals surface area contributed by atoms with E-state index in [4.69, 9.17) is 5.11 Å². The van der Waals surface area contributed by atoms with Gasteiger partial charge in [0.05, 0.1) is 11.8 Å². The lowest BCUT2D eigenvalue weighted by molar-refractivity contribution is -0.139. The molecule has 2 fully saturated rings. The van der Waals surface area contributed by atoms with E-state index in [1.807, 2.05) is 16.8 Å². The number of carbonyl (C=O) groups excluding carboxylic acids is 2. The largest absolute Gasteiger partial charge is 0.396 e. The minimum atomic E-state index is 0.0435. The lowest BCUT2D eigenvalue weighted by atomic mass is 9.72. The molecule has 1 N–H and O–H groups in total. The summed E-state index contributed by atoms with van der Waals surface area (Å²) in [6, 6.07) is 0. The highest BCUT2D eigenvalue weighted by molar-refractivity contribution is 5.93. The molecule has 2 saturated heterocycles. The second-order valence-corrected chi connectivity index (χ2v) is 7.09. The number of nitrogens with zero attached hydrogens (tertiary/aromatic N) is 4. The molecule has 0 saturated carbocycles. The molecule has 0 aromatic carbocycles. The molecule has 0 bridgehead atoms. The Morgan fingerprint density at radius 1 is 1.33 bits per heavy atom. The second kappa shape index (κ2) is 6.93. The number of aliphatic hydroxyl groups excluding tert-OH is 1. The summed E-state index contributed by atoms with van der Waals surface area (Å²) in [5, 5.41) is 13.1. The van der Waals surface area contributed by atoms with Crippen molar-refractivity contribution in [1.29, 1.82) is 0 Å². The molecule has 2 aliphatic heterocycles. The van der Waals surface area contributed by atoms with E-state index >= 15 is 0 Å². The molecule has 24 heavy (non-hydrogen) atoms. The van der Waals surface area contributed by atoms with E-state index < -0.39 is 0 Å². The molecule has 7 heteroatoms. The average molecular weight is 334 g/mol. The smallest absolute Gasteiger partial charge is 0.257 e. The Kier molecular flexibility index (Phi) is 4.89. The maximum Gasteiger partial charge on any atom is 0.257 e. The van der Waals surface area contributed by atoms with Gasteiger partial charge in [-0.1, -0.05) is 0 Å². The molecule has 2 amide bonds. The third-order valence-corrected chi connectivity index (χ3v) is 5.40. The van der Waals surface area contributed by atoms with Gasteiger partial charge in [-0.15, -0.1) is 0 Å². The Morgan fingerprint density at radius 2 is 2.08 bits per heavy atom. The molecular formula is C17H26N4O3. The van der Waals surface area contributed by atoms with Crippen molar-refractivity contribution in [2.75, 3.05) is 32.8 Å². The average Bonchev–Trinajstić information content (AvgIpc) is 3.02. The van der Waals surface area contributed by atoms with Crippen molar-refractivity contribution in [3.05, 3.63) is 18.0 Å². The van der Waals surface area contributed by atoms with Crippen LogP contribution in [0.15, 0.2) is 12.4 Å². The van der Waals surface area contributed by atoms with Gasteiger partial charge in [-0.25, -0.2) is 0 Å². The molecule has 0 aliphatic carbocycles. The number of hydrogen-bond donors (Lipinski definition) is 1. The summed E-state index contributed by atoms with van der Waals surface area (Å²) >= 11 is 0. The monoisotopic (exact) mass is 334 g/mol. The van der Waals surface area contributed by atoms with Crippen molar-refractivity contribution < 1.29 is 14.7 Å². The molecular weight excluding hydrogens is 308 g/mol. The number of hydrogen-bond acceptors (Lipinski definition) is 4. The van der Waals surface area contributed by atoms with Crippen LogP contribution in [0.5, 0.6) is 0 Å². The van der Waals surface area contributed by atoms with Crippen LogP contribution in [0, 0.1) is 5.41 Å². The van der Waals surface area contributed by atoms with E-state index in [-0.39, 0.29) is 23.8 Å². The molecule has 0 radical (unpaired) electrons. The van der Waals surface area contributed by atoms with E-state index in [2.05, 4.69) is 5.10 Å². The van der Waals surface area contributed by atoms with Gasteiger partial charge in [-0.2, -0.15) is 5.10 Å². The highest BCUT2D eigenvalue weighted by Crippen LogP contribution is 2.40. The maximum atomic E-state index is 12.5. The van der Waals surface area contributed by atoms with E-state index in [9.17, 15) is 9.59 Å². The van der Waals surface area contributed by atoms with Crippen LogP contribution in [0.25, 0.3) is 0 Å². The summed E-state index contributed by atoms with van der Waals surface area (Å²) in [6.07, 6.45) is 7.36. The van der Waals surface area contributed by atoms with Crippen LogP contribution in [-0.2, 0) is 11.8 Å². The highest BCUT2D eigenvalue weighted by atomic mass is 16.3. The minimum absolute atomic E-state index is 0.0435. The zero-order chi connectivity index (χ0) is 17.2. The number of likely N-dealkylation sites (tertiary alicyclic amines) is 2. The van der Waals surface area contributed by atoms with Gasteiger partial charge in [0.2, 0.25) is 5.91 Å². The Balaban J connectivity index is 1.59. The van der Waals surface area contributed by atoms with Gasteiger partial charge in [0.1, 0.15) is 0 Å². The molecule has 3 heterocycles. The number of amides is 2. The van der Waals surface area contributed by atoms with Gasteiger partial charge in [0, 0.05) is 52.5 Å². The third-order valence-electron chi connectivity index (χ3n) is 5.40. The van der Waals surface area contributed by atoms with E-state index in [1.165, 1.54) is 0 Å². The summed E-state index contributed by atoms with van der Waals surface area (Å²) in [5.74, 6) is 0.241. The van der Waals surface area contributed by atoms with Crippen LogP contribution in [0.3, 0.4) is 0 Å². The third kappa shape index (κ3) is 3.45. The van der Waals surface area contributed by atoms with Crippen LogP contribution in [0.1, 0.15) is 42.5 Å². The fourth-order valence-corrected chi connectivity index (χ4v) is 3.87. The summed E-state index contributed by atoms with van der Waals surface area (Å²) in [5.41, 5.74) is 0.770. The Morgan fingerprint density at radius 3 is 2.71 bits per heavy atom. The fraction of sp³-hybridized carbons (Fsp3) is 0.706. The molecule has 132 valence electrons. The first-order chi connectivity index (χ1) is 11.5. The molecule has 0 unspecified atom stereocenters. The Hall–Kier alpha value is -1.89. The zero-order valence-corrected chi connectivity index (χ0v) is 14.3. The lowest BCUT2D eigenvalue weighted by Gasteiger charge is -2.47. The number of rotatable bonds is 4. The molecule has 2 aliphatic rings. The standard InChI is InChI=1S/C17H26N4O3/c1-19-12-14(11-18-19)16(24)20-8-5-17(6-9-20)4-3-15(23)21(13-17)7-2-10-22/h11-12,22H,2-10,13H2,1H3. The first-order valence-corrected chi connectivity index (χ1v) is 8.70. The predicted molar refractivity (Wildman–Crippen MR) is 88.3 cm³/mol. The van der Waals surface area contributed by atoms with Crippen molar-refractivity contribution in [1.82, 2.24) is 19.6 Å². The highest BCUT2D eigenvalue weighted by Gasteiger charge is 2.41. The second-order valence-electron chi connectivity index (χ2n) is 7.09. The minimum Gasteiger partial charge on any atom is -0.396 e. The summed E-state index contributed by atoms with van der Waals surface area (Å²) in [7, 11) is 1.81. The SMILES string of the molecule is Cn1cc(C(=O)N2CCC3(CCC(=O)N(CCCO)C3)CC2)cn1. The summed E-state index contributed by atoms with van der Waals surface area (Å²) in [4.78, 5) is 28.4. The summed E-state index contributed by atoms with van der Waals surface area (Å²) < 4.78 is 1.64. The molecule has 1 aromatic heterocycles. The van der Waals surface area contributed by atoms with Crippen LogP contribution >= 0.6 is 0 Å². The number of aryl methyl sites for hydroxylation is 1. The van der Waals surface area contributed by atoms with Crippen molar-refractivity contribution >= 4 is 11.8 Å². The predicted octanol–water partition coefficient (Wildman–Crippen LogP) is 0.647. The Labute approximate surface area is 142 Å².